The van der Waals surface area contributed by atoms with Gasteiger partial charge in [0.15, 0.2) is 9.84 Å². The summed E-state index contributed by atoms with van der Waals surface area (Å²) in [6.07, 6.45) is 0. The molecule has 0 aliphatic carbocycles. The Morgan fingerprint density at radius 2 is 2.00 bits per heavy atom. The Bertz CT molecular complexity index is 589. The molecular weight excluding hydrogens is 274 g/mol. The Labute approximate surface area is 109 Å². The van der Waals surface area contributed by atoms with Crippen LogP contribution in [0.2, 0.25) is 0 Å². The van der Waals surface area contributed by atoms with E-state index in [-0.39, 0.29) is 41.9 Å². The first-order valence-electron chi connectivity index (χ1n) is 5.50. The number of nitrogen functional groups attached to an aromatic ring is 1. The summed E-state index contributed by atoms with van der Waals surface area (Å²) in [4.78, 5) is 16.0. The van der Waals surface area contributed by atoms with Crippen molar-refractivity contribution >= 4 is 27.2 Å². The van der Waals surface area contributed by atoms with Gasteiger partial charge in [0.1, 0.15) is 5.82 Å². The van der Waals surface area contributed by atoms with Crippen molar-refractivity contribution in [2.24, 2.45) is 5.84 Å². The SMILES string of the molecule is NNc1ccc([N+](=O)[O-])c(N2CCS(=O)(=O)CC2)n1. The highest BCUT2D eigenvalue weighted by Gasteiger charge is 2.28. The van der Waals surface area contributed by atoms with E-state index in [9.17, 15) is 18.5 Å². The summed E-state index contributed by atoms with van der Waals surface area (Å²) in [6.45, 7) is 0.369. The first-order chi connectivity index (χ1) is 8.93. The van der Waals surface area contributed by atoms with Crippen molar-refractivity contribution in [1.82, 2.24) is 4.98 Å². The van der Waals surface area contributed by atoms with Gasteiger partial charge in [0.25, 0.3) is 0 Å². The first-order valence-corrected chi connectivity index (χ1v) is 7.32. The van der Waals surface area contributed by atoms with E-state index in [1.54, 1.807) is 4.90 Å². The van der Waals surface area contributed by atoms with E-state index < -0.39 is 14.8 Å². The van der Waals surface area contributed by atoms with Crippen LogP contribution in [0.25, 0.3) is 0 Å². The van der Waals surface area contributed by atoms with Crippen LogP contribution in [0.4, 0.5) is 17.3 Å². The third-order valence-electron chi connectivity index (χ3n) is 2.84. The summed E-state index contributed by atoms with van der Waals surface area (Å²) in [5.41, 5.74) is 2.14. The lowest BCUT2D eigenvalue weighted by Gasteiger charge is -2.27. The van der Waals surface area contributed by atoms with Crippen molar-refractivity contribution in [3.8, 4) is 0 Å². The average Bonchev–Trinajstić information content (AvgIpc) is 2.38. The van der Waals surface area contributed by atoms with Gasteiger partial charge in [0.2, 0.25) is 5.82 Å². The lowest BCUT2D eigenvalue weighted by atomic mass is 10.3. The fourth-order valence-electron chi connectivity index (χ4n) is 1.82. The minimum atomic E-state index is -3.05. The topological polar surface area (TPSA) is 131 Å². The summed E-state index contributed by atoms with van der Waals surface area (Å²) < 4.78 is 22.7. The van der Waals surface area contributed by atoms with Crippen molar-refractivity contribution < 1.29 is 13.3 Å². The summed E-state index contributed by atoms with van der Waals surface area (Å²) >= 11 is 0. The molecule has 1 saturated heterocycles. The van der Waals surface area contributed by atoms with Crippen LogP contribution in [0.15, 0.2) is 12.1 Å². The smallest absolute Gasteiger partial charge is 0.311 e. The Kier molecular flexibility index (Phi) is 3.53. The zero-order valence-corrected chi connectivity index (χ0v) is 10.8. The van der Waals surface area contributed by atoms with Gasteiger partial charge in [-0.05, 0) is 6.07 Å². The van der Waals surface area contributed by atoms with E-state index in [0.717, 1.165) is 0 Å². The van der Waals surface area contributed by atoms with E-state index >= 15 is 0 Å². The van der Waals surface area contributed by atoms with Crippen molar-refractivity contribution in [2.45, 2.75) is 0 Å². The van der Waals surface area contributed by atoms with Crippen LogP contribution in [0.3, 0.4) is 0 Å². The van der Waals surface area contributed by atoms with Crippen molar-refractivity contribution in [1.29, 1.82) is 0 Å². The molecule has 2 rings (SSSR count). The number of nitrogens with two attached hydrogens (primary N) is 1. The van der Waals surface area contributed by atoms with Gasteiger partial charge in [-0.2, -0.15) is 0 Å². The minimum absolute atomic E-state index is 0.0356. The number of anilines is 2. The Hall–Kier alpha value is -1.94. The number of pyridine rings is 1. The molecule has 104 valence electrons. The van der Waals surface area contributed by atoms with Crippen molar-refractivity contribution in [3.05, 3.63) is 22.2 Å². The maximum Gasteiger partial charge on any atom is 0.311 e. The highest BCUT2D eigenvalue weighted by atomic mass is 32.2. The maximum atomic E-state index is 11.4. The molecule has 3 N–H and O–H groups in total. The molecule has 9 nitrogen and oxygen atoms in total. The second-order valence-electron chi connectivity index (χ2n) is 4.08. The Balaban J connectivity index is 2.35. The fourth-order valence-corrected chi connectivity index (χ4v) is 3.02. The van der Waals surface area contributed by atoms with Gasteiger partial charge in [-0.1, -0.05) is 0 Å². The number of nitrogens with one attached hydrogen (secondary N) is 1. The molecule has 0 spiro atoms. The van der Waals surface area contributed by atoms with Crippen LogP contribution in [0, 0.1) is 10.1 Å². The molecule has 2 heterocycles. The van der Waals surface area contributed by atoms with Gasteiger partial charge >= 0.3 is 5.69 Å². The molecule has 0 atom stereocenters. The van der Waals surface area contributed by atoms with Crippen LogP contribution in [0.1, 0.15) is 0 Å². The normalized spacial score (nSPS) is 18.1. The molecule has 1 aromatic heterocycles. The van der Waals surface area contributed by atoms with Gasteiger partial charge in [-0.3, -0.25) is 10.1 Å². The summed E-state index contributed by atoms with van der Waals surface area (Å²) in [6, 6.07) is 2.68. The predicted octanol–water partition coefficient (Wildman–Crippen LogP) is -0.490. The molecule has 19 heavy (non-hydrogen) atoms. The van der Waals surface area contributed by atoms with Gasteiger partial charge in [-0.25, -0.2) is 19.2 Å². The van der Waals surface area contributed by atoms with Crippen molar-refractivity contribution in [3.63, 3.8) is 0 Å². The highest BCUT2D eigenvalue weighted by Crippen LogP contribution is 2.28. The van der Waals surface area contributed by atoms with Gasteiger partial charge in [0.05, 0.1) is 16.4 Å². The monoisotopic (exact) mass is 287 g/mol. The molecule has 0 unspecified atom stereocenters. The zero-order valence-electron chi connectivity index (χ0n) is 9.94. The third-order valence-corrected chi connectivity index (χ3v) is 4.45. The van der Waals surface area contributed by atoms with Gasteiger partial charge < -0.3 is 10.3 Å². The second kappa shape index (κ2) is 4.97. The van der Waals surface area contributed by atoms with Crippen LogP contribution in [0.5, 0.6) is 0 Å². The highest BCUT2D eigenvalue weighted by molar-refractivity contribution is 7.91. The summed E-state index contributed by atoms with van der Waals surface area (Å²) in [5.74, 6) is 5.57. The Morgan fingerprint density at radius 3 is 2.53 bits per heavy atom. The van der Waals surface area contributed by atoms with E-state index in [4.69, 9.17) is 5.84 Å². The number of sulfone groups is 1. The molecule has 0 saturated carbocycles. The molecule has 0 bridgehead atoms. The molecule has 1 aromatic rings. The van der Waals surface area contributed by atoms with Crippen LogP contribution in [-0.2, 0) is 9.84 Å². The van der Waals surface area contributed by atoms with Gasteiger partial charge in [-0.15, -0.1) is 0 Å². The average molecular weight is 287 g/mol. The minimum Gasteiger partial charge on any atom is -0.349 e. The number of rotatable bonds is 3. The summed E-state index contributed by atoms with van der Waals surface area (Å²) in [7, 11) is -3.05. The molecule has 0 aromatic carbocycles. The molecular formula is C9H13N5O4S. The van der Waals surface area contributed by atoms with E-state index in [1.165, 1.54) is 12.1 Å². The summed E-state index contributed by atoms with van der Waals surface area (Å²) in [5, 5.41) is 11.0. The van der Waals surface area contributed by atoms with Gasteiger partial charge in [0, 0.05) is 19.2 Å². The van der Waals surface area contributed by atoms with E-state index in [2.05, 4.69) is 10.4 Å². The Morgan fingerprint density at radius 1 is 1.37 bits per heavy atom. The molecule has 0 radical (unpaired) electrons. The number of nitro groups is 1. The van der Waals surface area contributed by atoms with Crippen LogP contribution < -0.4 is 16.2 Å². The number of hydrazine groups is 1. The molecule has 1 aliphatic rings. The third kappa shape index (κ3) is 2.90. The largest absolute Gasteiger partial charge is 0.349 e. The molecule has 1 aliphatic heterocycles. The molecule has 0 amide bonds. The fraction of sp³-hybridized carbons (Fsp3) is 0.444. The predicted molar refractivity (Wildman–Crippen MR) is 69.6 cm³/mol. The zero-order chi connectivity index (χ0) is 14.0. The first kappa shape index (κ1) is 13.5. The number of aromatic nitrogens is 1. The lowest BCUT2D eigenvalue weighted by Crippen LogP contribution is -2.41. The van der Waals surface area contributed by atoms with Crippen molar-refractivity contribution in [2.75, 3.05) is 34.9 Å². The van der Waals surface area contributed by atoms with E-state index in [1.807, 2.05) is 0 Å². The van der Waals surface area contributed by atoms with Crippen LogP contribution >= 0.6 is 0 Å². The molecule has 1 fully saturated rings. The number of nitrogens with zero attached hydrogens (tertiary/aromatic N) is 3. The number of hydrogen-bond acceptors (Lipinski definition) is 8. The van der Waals surface area contributed by atoms with Crippen LogP contribution in [-0.4, -0.2) is 42.9 Å². The quantitative estimate of drug-likeness (QED) is 0.432. The molecule has 10 heteroatoms. The lowest BCUT2D eigenvalue weighted by molar-refractivity contribution is -0.384. The standard InChI is InChI=1S/C9H13N5O4S/c10-12-8-2-1-7(14(15)16)9(11-8)13-3-5-19(17,18)6-4-13/h1-2H,3-6,10H2,(H,11,12). The second-order valence-corrected chi connectivity index (χ2v) is 6.38. The number of hydrogen-bond donors (Lipinski definition) is 2. The maximum absolute atomic E-state index is 11.4. The van der Waals surface area contributed by atoms with E-state index in [0.29, 0.717) is 0 Å².